The highest BCUT2D eigenvalue weighted by Crippen LogP contribution is 2.58. The summed E-state index contributed by atoms with van der Waals surface area (Å²) in [6.07, 6.45) is 2.01. The summed E-state index contributed by atoms with van der Waals surface area (Å²) in [5.74, 6) is -0.156. The number of para-hydroxylation sites is 1. The first-order chi connectivity index (χ1) is 14.1. The highest BCUT2D eigenvalue weighted by molar-refractivity contribution is 6.17. The van der Waals surface area contributed by atoms with Crippen molar-refractivity contribution in [3.05, 3.63) is 74.7 Å². The van der Waals surface area contributed by atoms with Gasteiger partial charge in [-0.3, -0.25) is 4.79 Å². The Morgan fingerprint density at radius 1 is 1.20 bits per heavy atom. The highest BCUT2D eigenvalue weighted by Gasteiger charge is 2.63. The van der Waals surface area contributed by atoms with Crippen molar-refractivity contribution in [3.63, 3.8) is 0 Å². The second-order valence-electron chi connectivity index (χ2n) is 8.41. The van der Waals surface area contributed by atoms with Crippen LogP contribution in [-0.2, 0) is 10.2 Å². The van der Waals surface area contributed by atoms with Gasteiger partial charge in [-0.1, -0.05) is 24.3 Å². The van der Waals surface area contributed by atoms with Crippen molar-refractivity contribution in [3.8, 4) is 11.8 Å². The molecule has 1 amide bonds. The molecule has 7 nitrogen and oxygen atoms in total. The summed E-state index contributed by atoms with van der Waals surface area (Å²) in [4.78, 5) is 29.0. The molecule has 7 heteroatoms. The Balaban J connectivity index is 2.01. The van der Waals surface area contributed by atoms with Crippen molar-refractivity contribution >= 4 is 17.2 Å². The average Bonchev–Trinajstić information content (AvgIpc) is 2.90. The Bertz CT molecular complexity index is 1340. The van der Waals surface area contributed by atoms with Crippen LogP contribution in [0, 0.1) is 18.3 Å². The van der Waals surface area contributed by atoms with E-state index < -0.39 is 22.5 Å². The van der Waals surface area contributed by atoms with Gasteiger partial charge in [-0.25, -0.2) is 4.79 Å². The first-order valence-corrected chi connectivity index (χ1v) is 9.56. The first kappa shape index (κ1) is 18.3. The molecule has 4 heterocycles. The van der Waals surface area contributed by atoms with Crippen LogP contribution < -0.4 is 21.0 Å². The molecule has 0 saturated heterocycles. The minimum Gasteiger partial charge on any atom is -0.440 e. The molecule has 1 spiro atoms. The summed E-state index contributed by atoms with van der Waals surface area (Å²) in [6, 6.07) is 9.08. The number of benzene rings is 1. The summed E-state index contributed by atoms with van der Waals surface area (Å²) in [7, 11) is 0. The van der Waals surface area contributed by atoms with Crippen LogP contribution in [0.15, 0.2) is 51.0 Å². The zero-order valence-electron chi connectivity index (χ0n) is 17.0. The van der Waals surface area contributed by atoms with Crippen molar-refractivity contribution < 1.29 is 13.9 Å². The molecule has 0 fully saturated rings. The number of rotatable bonds is 0. The number of carbonyl (C=O) groups excluding carboxylic acids is 1. The SMILES string of the molecule is CC1=CC(C)(C)N2C(=O)[C@]3(C(C#N)=C(N)Oc4cc(C)oc(=O)c43)c3cccc1c32. The molecule has 0 aliphatic carbocycles. The number of amides is 1. The van der Waals surface area contributed by atoms with Gasteiger partial charge in [0.25, 0.3) is 0 Å². The molecule has 0 bridgehead atoms. The highest BCUT2D eigenvalue weighted by atomic mass is 16.5. The number of hydrogen-bond acceptors (Lipinski definition) is 6. The maximum atomic E-state index is 14.2. The van der Waals surface area contributed by atoms with Gasteiger partial charge in [0.15, 0.2) is 5.41 Å². The van der Waals surface area contributed by atoms with Crippen molar-refractivity contribution in [2.75, 3.05) is 4.90 Å². The fourth-order valence-corrected chi connectivity index (χ4v) is 5.12. The van der Waals surface area contributed by atoms with Gasteiger partial charge in [0.05, 0.1) is 11.2 Å². The van der Waals surface area contributed by atoms with Crippen LogP contribution in [0.1, 0.15) is 43.2 Å². The predicted octanol–water partition coefficient (Wildman–Crippen LogP) is 2.86. The van der Waals surface area contributed by atoms with Crippen molar-refractivity contribution in [1.29, 1.82) is 5.26 Å². The minimum atomic E-state index is -1.72. The summed E-state index contributed by atoms with van der Waals surface area (Å²) < 4.78 is 11.0. The number of nitrogens with two attached hydrogens (primary N) is 1. The number of hydrogen-bond donors (Lipinski definition) is 1. The maximum Gasteiger partial charge on any atom is 0.344 e. The topological polar surface area (TPSA) is 110 Å². The van der Waals surface area contributed by atoms with Crippen LogP contribution in [0.5, 0.6) is 5.75 Å². The molecular formula is C23H19N3O4. The molecule has 0 unspecified atom stereocenters. The van der Waals surface area contributed by atoms with Crippen molar-refractivity contribution in [2.24, 2.45) is 5.73 Å². The summed E-state index contributed by atoms with van der Waals surface area (Å²) in [5.41, 5.74) is 5.99. The Hall–Kier alpha value is -3.79. The Labute approximate surface area is 172 Å². The number of nitrogens with zero attached hydrogens (tertiary/aromatic N) is 2. The van der Waals surface area contributed by atoms with Crippen LogP contribution in [0.2, 0.25) is 0 Å². The molecule has 3 aliphatic rings. The summed E-state index contributed by atoms with van der Waals surface area (Å²) in [5, 5.41) is 10.0. The number of fused-ring (bicyclic) bond motifs is 3. The van der Waals surface area contributed by atoms with E-state index in [2.05, 4.69) is 0 Å². The number of aryl methyl sites for hydroxylation is 1. The van der Waals surface area contributed by atoms with E-state index >= 15 is 0 Å². The van der Waals surface area contributed by atoms with Crippen LogP contribution in [0.3, 0.4) is 0 Å². The lowest BCUT2D eigenvalue weighted by Gasteiger charge is -2.40. The zero-order valence-corrected chi connectivity index (χ0v) is 17.0. The Morgan fingerprint density at radius 3 is 2.63 bits per heavy atom. The molecule has 0 saturated carbocycles. The number of anilines is 1. The normalized spacial score (nSPS) is 23.0. The van der Waals surface area contributed by atoms with Gasteiger partial charge in [-0.2, -0.15) is 5.26 Å². The van der Waals surface area contributed by atoms with Gasteiger partial charge in [-0.05, 0) is 33.3 Å². The van der Waals surface area contributed by atoms with Crippen LogP contribution in [-0.4, -0.2) is 11.4 Å². The van der Waals surface area contributed by atoms with Crippen molar-refractivity contribution in [1.82, 2.24) is 0 Å². The molecule has 30 heavy (non-hydrogen) atoms. The van der Waals surface area contributed by atoms with Crippen LogP contribution in [0.4, 0.5) is 5.69 Å². The van der Waals surface area contributed by atoms with Crippen LogP contribution >= 0.6 is 0 Å². The molecule has 1 atom stereocenters. The largest absolute Gasteiger partial charge is 0.440 e. The van der Waals surface area contributed by atoms with Gasteiger partial charge in [-0.15, -0.1) is 0 Å². The third-order valence-corrected chi connectivity index (χ3v) is 6.13. The molecule has 1 aromatic heterocycles. The number of allylic oxidation sites excluding steroid dienone is 1. The van der Waals surface area contributed by atoms with Gasteiger partial charge < -0.3 is 19.8 Å². The third kappa shape index (κ3) is 1.88. The Kier molecular flexibility index (Phi) is 3.30. The van der Waals surface area contributed by atoms with E-state index in [0.717, 1.165) is 11.1 Å². The number of carbonyl (C=O) groups is 1. The zero-order chi connectivity index (χ0) is 21.6. The summed E-state index contributed by atoms with van der Waals surface area (Å²) in [6.45, 7) is 7.43. The fourth-order valence-electron chi connectivity index (χ4n) is 5.12. The molecule has 1 aromatic carbocycles. The second kappa shape index (κ2) is 5.42. The van der Waals surface area contributed by atoms with E-state index in [1.54, 1.807) is 17.9 Å². The molecule has 150 valence electrons. The van der Waals surface area contributed by atoms with Gasteiger partial charge in [0.1, 0.15) is 28.7 Å². The smallest absolute Gasteiger partial charge is 0.344 e. The predicted molar refractivity (Wildman–Crippen MR) is 110 cm³/mol. The lowest BCUT2D eigenvalue weighted by atomic mass is 9.69. The molecule has 2 N–H and O–H groups in total. The molecule has 2 aromatic rings. The van der Waals surface area contributed by atoms with Gasteiger partial charge in [0.2, 0.25) is 11.8 Å². The molecule has 0 radical (unpaired) electrons. The molecule has 5 rings (SSSR count). The number of ether oxygens (including phenoxy) is 1. The van der Waals surface area contributed by atoms with E-state index in [9.17, 15) is 14.9 Å². The van der Waals surface area contributed by atoms with E-state index in [1.165, 1.54) is 6.07 Å². The lowest BCUT2D eigenvalue weighted by Crippen LogP contribution is -2.54. The monoisotopic (exact) mass is 401 g/mol. The minimum absolute atomic E-state index is 0.0138. The number of nitriles is 1. The van der Waals surface area contributed by atoms with E-state index in [0.29, 0.717) is 17.0 Å². The van der Waals surface area contributed by atoms with Crippen molar-refractivity contribution in [2.45, 2.75) is 38.6 Å². The van der Waals surface area contributed by atoms with E-state index in [1.807, 2.05) is 45.0 Å². The molecular weight excluding hydrogens is 382 g/mol. The summed E-state index contributed by atoms with van der Waals surface area (Å²) >= 11 is 0. The standard InChI is InChI=1S/C23H19N3O4/c1-11-9-22(3,4)26-18-13(11)6-5-7-14(18)23(21(26)28)15(10-24)19(25)30-16-8-12(2)29-20(27)17(16)23/h5-9H,25H2,1-4H3/t23-/m0/s1. The van der Waals surface area contributed by atoms with E-state index in [-0.39, 0.29) is 22.8 Å². The van der Waals surface area contributed by atoms with Crippen LogP contribution in [0.25, 0.3) is 5.57 Å². The van der Waals surface area contributed by atoms with Gasteiger partial charge >= 0.3 is 5.63 Å². The Morgan fingerprint density at radius 2 is 1.93 bits per heavy atom. The van der Waals surface area contributed by atoms with Gasteiger partial charge in [0, 0.05) is 17.2 Å². The first-order valence-electron chi connectivity index (χ1n) is 9.56. The molecule has 3 aliphatic heterocycles. The average molecular weight is 401 g/mol. The second-order valence-corrected chi connectivity index (χ2v) is 8.41. The maximum absolute atomic E-state index is 14.2. The van der Waals surface area contributed by atoms with E-state index in [4.69, 9.17) is 14.9 Å². The lowest BCUT2D eigenvalue weighted by molar-refractivity contribution is -0.121. The third-order valence-electron chi connectivity index (χ3n) is 6.13. The fraction of sp³-hybridized carbons (Fsp3) is 0.261. The quantitative estimate of drug-likeness (QED) is 0.727.